The maximum absolute atomic E-state index is 12.3. The molecule has 1 aromatic carbocycles. The van der Waals surface area contributed by atoms with Gasteiger partial charge in [-0.2, -0.15) is 0 Å². The maximum atomic E-state index is 12.3. The second-order valence-corrected chi connectivity index (χ2v) is 6.62. The van der Waals surface area contributed by atoms with Crippen molar-refractivity contribution in [3.05, 3.63) is 27.7 Å². The van der Waals surface area contributed by atoms with Crippen LogP contribution in [-0.4, -0.2) is 12.4 Å². The van der Waals surface area contributed by atoms with Crippen molar-refractivity contribution in [1.82, 2.24) is 0 Å². The van der Waals surface area contributed by atoms with Crippen LogP contribution < -0.4 is 4.74 Å². The van der Waals surface area contributed by atoms with Crippen molar-refractivity contribution in [3.63, 3.8) is 0 Å². The van der Waals surface area contributed by atoms with Crippen LogP contribution in [0.2, 0.25) is 0 Å². The van der Waals surface area contributed by atoms with Crippen molar-refractivity contribution < 1.29 is 9.53 Å². The first-order valence-corrected chi connectivity index (χ1v) is 6.64. The van der Waals surface area contributed by atoms with Gasteiger partial charge in [-0.25, -0.2) is 0 Å². The smallest absolute Gasteiger partial charge is 0.167 e. The fourth-order valence-corrected chi connectivity index (χ4v) is 2.56. The first kappa shape index (κ1) is 12.6. The van der Waals surface area contributed by atoms with Gasteiger partial charge in [0.15, 0.2) is 5.78 Å². The molecular weight excluding hydrogens is 280 g/mol. The number of hydrogen-bond acceptors (Lipinski definition) is 2. The summed E-state index contributed by atoms with van der Waals surface area (Å²) in [7, 11) is 0. The van der Waals surface area contributed by atoms with Gasteiger partial charge in [0, 0.05) is 17.3 Å². The van der Waals surface area contributed by atoms with Gasteiger partial charge in [0.25, 0.3) is 0 Å². The zero-order valence-electron chi connectivity index (χ0n) is 10.5. The summed E-state index contributed by atoms with van der Waals surface area (Å²) in [6.07, 6.45) is 1.43. The van der Waals surface area contributed by atoms with Crippen LogP contribution in [0, 0.1) is 5.41 Å². The number of carbonyl (C=O) groups is 1. The minimum atomic E-state index is 0.00485. The highest BCUT2D eigenvalue weighted by molar-refractivity contribution is 9.10. The molecule has 0 unspecified atom stereocenters. The first-order chi connectivity index (χ1) is 7.87. The van der Waals surface area contributed by atoms with E-state index in [9.17, 15) is 4.79 Å². The Balaban J connectivity index is 2.36. The molecule has 0 saturated heterocycles. The molecule has 0 spiro atoms. The van der Waals surface area contributed by atoms with E-state index >= 15 is 0 Å². The Morgan fingerprint density at radius 1 is 1.41 bits per heavy atom. The predicted octanol–water partition coefficient (Wildman–Crippen LogP) is 4.00. The molecule has 0 radical (unpaired) electrons. The summed E-state index contributed by atoms with van der Waals surface area (Å²) in [5.41, 5.74) is 1.86. The number of carbonyl (C=O) groups excluding carboxylic acids is 1. The van der Waals surface area contributed by atoms with Crippen LogP contribution in [0.1, 0.15) is 43.1 Å². The molecule has 0 fully saturated rings. The van der Waals surface area contributed by atoms with Crippen molar-refractivity contribution >= 4 is 21.7 Å². The van der Waals surface area contributed by atoms with Gasteiger partial charge in [-0.15, -0.1) is 0 Å². The standard InChI is InChI=1S/C14H17BrO2/c1-14(2,3)8-12(16)11-7-10(15)6-9-4-5-17-13(9)11/h6-7H,4-5,8H2,1-3H3. The van der Waals surface area contributed by atoms with Gasteiger partial charge in [-0.05, 0) is 23.1 Å². The number of Topliss-reactive ketones (excluding diaryl/α,β-unsaturated/α-hetero) is 1. The predicted molar refractivity (Wildman–Crippen MR) is 71.7 cm³/mol. The fourth-order valence-electron chi connectivity index (χ4n) is 2.05. The normalized spacial score (nSPS) is 14.4. The number of ketones is 1. The summed E-state index contributed by atoms with van der Waals surface area (Å²) in [6.45, 7) is 6.90. The Morgan fingerprint density at radius 3 is 2.76 bits per heavy atom. The molecule has 1 aliphatic heterocycles. The van der Waals surface area contributed by atoms with E-state index in [1.807, 2.05) is 12.1 Å². The average Bonchev–Trinajstić information content (AvgIpc) is 2.60. The lowest BCUT2D eigenvalue weighted by Gasteiger charge is -2.17. The third-order valence-corrected chi connectivity index (χ3v) is 3.20. The van der Waals surface area contributed by atoms with Crippen molar-refractivity contribution in [1.29, 1.82) is 0 Å². The summed E-state index contributed by atoms with van der Waals surface area (Å²) >= 11 is 3.46. The molecular formula is C14H17BrO2. The topological polar surface area (TPSA) is 26.3 Å². The van der Waals surface area contributed by atoms with Gasteiger partial charge >= 0.3 is 0 Å². The van der Waals surface area contributed by atoms with Crippen LogP contribution >= 0.6 is 15.9 Å². The van der Waals surface area contributed by atoms with E-state index in [1.165, 1.54) is 0 Å². The maximum Gasteiger partial charge on any atom is 0.167 e. The number of fused-ring (bicyclic) bond motifs is 1. The summed E-state index contributed by atoms with van der Waals surface area (Å²) in [6, 6.07) is 3.91. The Labute approximate surface area is 110 Å². The lowest BCUT2D eigenvalue weighted by atomic mass is 9.87. The molecule has 1 heterocycles. The molecule has 3 heteroatoms. The van der Waals surface area contributed by atoms with E-state index in [0.717, 1.165) is 27.8 Å². The van der Waals surface area contributed by atoms with E-state index in [0.29, 0.717) is 13.0 Å². The average molecular weight is 297 g/mol. The summed E-state index contributed by atoms with van der Waals surface area (Å²) in [5, 5.41) is 0. The Morgan fingerprint density at radius 2 is 2.12 bits per heavy atom. The molecule has 0 amide bonds. The summed E-state index contributed by atoms with van der Waals surface area (Å²) in [5.74, 6) is 0.958. The zero-order chi connectivity index (χ0) is 12.6. The van der Waals surface area contributed by atoms with Crippen LogP contribution in [0.25, 0.3) is 0 Å². The third kappa shape index (κ3) is 2.89. The number of rotatable bonds is 2. The summed E-state index contributed by atoms with van der Waals surface area (Å²) < 4.78 is 6.54. The van der Waals surface area contributed by atoms with Gasteiger partial charge in [0.2, 0.25) is 0 Å². The van der Waals surface area contributed by atoms with E-state index < -0.39 is 0 Å². The number of ether oxygens (including phenoxy) is 1. The number of hydrogen-bond donors (Lipinski definition) is 0. The largest absolute Gasteiger partial charge is 0.492 e. The lowest BCUT2D eigenvalue weighted by molar-refractivity contribution is 0.0936. The molecule has 2 nitrogen and oxygen atoms in total. The monoisotopic (exact) mass is 296 g/mol. The molecule has 0 aromatic heterocycles. The van der Waals surface area contributed by atoms with Crippen molar-refractivity contribution in [2.45, 2.75) is 33.6 Å². The molecule has 0 bridgehead atoms. The third-order valence-electron chi connectivity index (χ3n) is 2.74. The number of halogens is 1. The molecule has 92 valence electrons. The minimum Gasteiger partial charge on any atom is -0.492 e. The van der Waals surface area contributed by atoms with E-state index in [4.69, 9.17) is 4.74 Å². The second kappa shape index (κ2) is 4.45. The fraction of sp³-hybridized carbons (Fsp3) is 0.500. The van der Waals surface area contributed by atoms with Crippen LogP contribution in [-0.2, 0) is 6.42 Å². The molecule has 0 atom stereocenters. The minimum absolute atomic E-state index is 0.00485. The van der Waals surface area contributed by atoms with Crippen molar-refractivity contribution in [2.75, 3.05) is 6.61 Å². The van der Waals surface area contributed by atoms with Crippen LogP contribution in [0.5, 0.6) is 5.75 Å². The molecule has 1 aromatic rings. The Bertz CT molecular complexity index is 458. The lowest BCUT2D eigenvalue weighted by Crippen LogP contribution is -2.13. The summed E-state index contributed by atoms with van der Waals surface area (Å²) in [4.78, 5) is 12.3. The quantitative estimate of drug-likeness (QED) is 0.771. The Kier molecular flexibility index (Phi) is 3.30. The molecule has 2 rings (SSSR count). The first-order valence-electron chi connectivity index (χ1n) is 5.85. The molecule has 0 aliphatic carbocycles. The molecule has 0 N–H and O–H groups in total. The van der Waals surface area contributed by atoms with Gasteiger partial charge in [-0.1, -0.05) is 36.7 Å². The van der Waals surface area contributed by atoms with Gasteiger partial charge in [-0.3, -0.25) is 4.79 Å². The van der Waals surface area contributed by atoms with Crippen molar-refractivity contribution in [2.24, 2.45) is 5.41 Å². The highest BCUT2D eigenvalue weighted by atomic mass is 79.9. The van der Waals surface area contributed by atoms with E-state index in [-0.39, 0.29) is 11.2 Å². The van der Waals surface area contributed by atoms with Crippen LogP contribution in [0.3, 0.4) is 0 Å². The SMILES string of the molecule is CC(C)(C)CC(=O)c1cc(Br)cc2c1OCC2. The Hall–Kier alpha value is -0.830. The van der Waals surface area contributed by atoms with Crippen LogP contribution in [0.4, 0.5) is 0 Å². The molecule has 17 heavy (non-hydrogen) atoms. The molecule has 1 aliphatic rings. The zero-order valence-corrected chi connectivity index (χ0v) is 12.1. The molecule has 0 saturated carbocycles. The van der Waals surface area contributed by atoms with E-state index in [2.05, 4.69) is 36.7 Å². The second-order valence-electron chi connectivity index (χ2n) is 5.70. The van der Waals surface area contributed by atoms with Gasteiger partial charge < -0.3 is 4.74 Å². The van der Waals surface area contributed by atoms with Gasteiger partial charge in [0.1, 0.15) is 5.75 Å². The van der Waals surface area contributed by atoms with Crippen molar-refractivity contribution in [3.8, 4) is 5.75 Å². The number of benzene rings is 1. The van der Waals surface area contributed by atoms with E-state index in [1.54, 1.807) is 0 Å². The highest BCUT2D eigenvalue weighted by Crippen LogP contribution is 2.35. The van der Waals surface area contributed by atoms with Gasteiger partial charge in [0.05, 0.1) is 12.2 Å². The van der Waals surface area contributed by atoms with Crippen LogP contribution in [0.15, 0.2) is 16.6 Å². The highest BCUT2D eigenvalue weighted by Gasteiger charge is 2.24.